The number of carbonyl (C=O) groups excluding carboxylic acids is 1. The molecule has 0 radical (unpaired) electrons. The molecule has 10 heteroatoms. The number of rotatable bonds is 5. The highest BCUT2D eigenvalue weighted by Gasteiger charge is 2.28. The van der Waals surface area contributed by atoms with E-state index in [0.717, 1.165) is 0 Å². The topological polar surface area (TPSA) is 113 Å². The summed E-state index contributed by atoms with van der Waals surface area (Å²) >= 11 is 0. The predicted molar refractivity (Wildman–Crippen MR) is 76.8 cm³/mol. The molecule has 0 unspecified atom stereocenters. The standard InChI is InChI=1S/C12H18N4O5S/c1-2-22(20,21)16-5-3-14(4-6-16)12(19)10-7-13-15(8-10)9-11(17)18/h7-8H,2-6,9H2,1H3,(H,17,18). The van der Waals surface area contributed by atoms with Crippen LogP contribution in [0.15, 0.2) is 12.4 Å². The van der Waals surface area contributed by atoms with Crippen LogP contribution in [0.2, 0.25) is 0 Å². The molecule has 22 heavy (non-hydrogen) atoms. The molecule has 1 aromatic rings. The Morgan fingerprint density at radius 2 is 1.91 bits per heavy atom. The van der Waals surface area contributed by atoms with Gasteiger partial charge in [-0.1, -0.05) is 0 Å². The van der Waals surface area contributed by atoms with E-state index in [9.17, 15) is 18.0 Å². The molecule has 0 aliphatic carbocycles. The SMILES string of the molecule is CCS(=O)(=O)N1CCN(C(=O)c2cnn(CC(=O)O)c2)CC1. The molecule has 1 saturated heterocycles. The zero-order chi connectivity index (χ0) is 16.3. The zero-order valence-electron chi connectivity index (χ0n) is 12.2. The van der Waals surface area contributed by atoms with Gasteiger partial charge in [-0.05, 0) is 6.92 Å². The quantitative estimate of drug-likeness (QED) is 0.747. The molecular formula is C12H18N4O5S. The summed E-state index contributed by atoms with van der Waals surface area (Å²) in [7, 11) is -3.23. The van der Waals surface area contributed by atoms with E-state index in [2.05, 4.69) is 5.10 Å². The van der Waals surface area contributed by atoms with Gasteiger partial charge in [-0.2, -0.15) is 9.40 Å². The van der Waals surface area contributed by atoms with Gasteiger partial charge in [0.1, 0.15) is 6.54 Å². The maximum Gasteiger partial charge on any atom is 0.325 e. The molecule has 2 heterocycles. The van der Waals surface area contributed by atoms with Crippen LogP contribution in [-0.4, -0.2) is 76.3 Å². The van der Waals surface area contributed by atoms with Crippen LogP contribution in [0.1, 0.15) is 17.3 Å². The number of piperazine rings is 1. The van der Waals surface area contributed by atoms with Crippen molar-refractivity contribution in [2.45, 2.75) is 13.5 Å². The van der Waals surface area contributed by atoms with Crippen LogP contribution < -0.4 is 0 Å². The van der Waals surface area contributed by atoms with Gasteiger partial charge < -0.3 is 10.0 Å². The van der Waals surface area contributed by atoms with E-state index in [-0.39, 0.29) is 31.3 Å². The summed E-state index contributed by atoms with van der Waals surface area (Å²) in [6.45, 7) is 2.43. The third-order valence-electron chi connectivity index (χ3n) is 3.46. The van der Waals surface area contributed by atoms with E-state index >= 15 is 0 Å². The maximum absolute atomic E-state index is 12.3. The molecule has 1 aliphatic heterocycles. The maximum atomic E-state index is 12.3. The average molecular weight is 330 g/mol. The Bertz CT molecular complexity index is 661. The number of carboxylic acids is 1. The van der Waals surface area contributed by atoms with Crippen LogP contribution in [0.5, 0.6) is 0 Å². The normalized spacial score (nSPS) is 16.7. The molecule has 9 nitrogen and oxygen atoms in total. The van der Waals surface area contributed by atoms with E-state index in [1.165, 1.54) is 21.4 Å². The highest BCUT2D eigenvalue weighted by Crippen LogP contribution is 2.11. The van der Waals surface area contributed by atoms with Crippen molar-refractivity contribution in [1.29, 1.82) is 0 Å². The van der Waals surface area contributed by atoms with Gasteiger partial charge in [0.05, 0.1) is 17.5 Å². The third-order valence-corrected chi connectivity index (χ3v) is 5.34. The number of amides is 1. The monoisotopic (exact) mass is 330 g/mol. The predicted octanol–water partition coefficient (Wildman–Crippen LogP) is -0.925. The Balaban J connectivity index is 1.98. The van der Waals surface area contributed by atoms with Crippen molar-refractivity contribution >= 4 is 21.9 Å². The van der Waals surface area contributed by atoms with Gasteiger partial charge >= 0.3 is 5.97 Å². The van der Waals surface area contributed by atoms with Crippen molar-refractivity contribution in [2.75, 3.05) is 31.9 Å². The van der Waals surface area contributed by atoms with E-state index in [1.807, 2.05) is 0 Å². The molecule has 0 saturated carbocycles. The molecule has 0 atom stereocenters. The van der Waals surface area contributed by atoms with E-state index in [0.29, 0.717) is 18.7 Å². The van der Waals surface area contributed by atoms with Gasteiger partial charge in [0.2, 0.25) is 10.0 Å². The molecule has 1 amide bonds. The number of carbonyl (C=O) groups is 2. The Hall–Kier alpha value is -1.94. The Morgan fingerprint density at radius 3 is 2.45 bits per heavy atom. The lowest BCUT2D eigenvalue weighted by molar-refractivity contribution is -0.137. The molecule has 0 spiro atoms. The van der Waals surface area contributed by atoms with E-state index < -0.39 is 16.0 Å². The minimum atomic E-state index is -3.23. The Labute approximate surface area is 128 Å². The van der Waals surface area contributed by atoms with Gasteiger partial charge in [0, 0.05) is 32.4 Å². The summed E-state index contributed by atoms with van der Waals surface area (Å²) in [4.78, 5) is 24.4. The first kappa shape index (κ1) is 16.4. The van der Waals surface area contributed by atoms with Crippen LogP contribution >= 0.6 is 0 Å². The largest absolute Gasteiger partial charge is 0.480 e. The van der Waals surface area contributed by atoms with Crippen molar-refractivity contribution in [3.8, 4) is 0 Å². The molecule has 122 valence electrons. The number of nitrogens with zero attached hydrogens (tertiary/aromatic N) is 4. The van der Waals surface area contributed by atoms with Gasteiger partial charge in [0.25, 0.3) is 5.91 Å². The average Bonchev–Trinajstić information content (AvgIpc) is 2.94. The summed E-state index contributed by atoms with van der Waals surface area (Å²) in [6.07, 6.45) is 2.70. The molecule has 0 bridgehead atoms. The summed E-state index contributed by atoms with van der Waals surface area (Å²) in [5, 5.41) is 12.5. The highest BCUT2D eigenvalue weighted by molar-refractivity contribution is 7.89. The number of aliphatic carboxylic acids is 1. The fourth-order valence-corrected chi connectivity index (χ4v) is 3.32. The van der Waals surface area contributed by atoms with E-state index in [4.69, 9.17) is 5.11 Å². The third kappa shape index (κ3) is 3.63. The number of sulfonamides is 1. The summed E-state index contributed by atoms with van der Waals surface area (Å²) < 4.78 is 26.1. The summed E-state index contributed by atoms with van der Waals surface area (Å²) in [6, 6.07) is 0. The van der Waals surface area contributed by atoms with Crippen molar-refractivity contribution in [1.82, 2.24) is 19.0 Å². The number of hydrogen-bond acceptors (Lipinski definition) is 5. The molecule has 1 aliphatic rings. The van der Waals surface area contributed by atoms with Crippen molar-refractivity contribution in [3.63, 3.8) is 0 Å². The van der Waals surface area contributed by atoms with Gasteiger partial charge in [0.15, 0.2) is 0 Å². The summed E-state index contributed by atoms with van der Waals surface area (Å²) in [5.41, 5.74) is 0.299. The minimum absolute atomic E-state index is 0.0445. The lowest BCUT2D eigenvalue weighted by Crippen LogP contribution is -2.50. The molecular weight excluding hydrogens is 312 g/mol. The van der Waals surface area contributed by atoms with Gasteiger partial charge in [-0.15, -0.1) is 0 Å². The first-order valence-corrected chi connectivity index (χ1v) is 8.45. The molecule has 1 aromatic heterocycles. The molecule has 1 fully saturated rings. The summed E-state index contributed by atoms with van der Waals surface area (Å²) in [5.74, 6) is -1.27. The minimum Gasteiger partial charge on any atom is -0.480 e. The lowest BCUT2D eigenvalue weighted by atomic mass is 10.2. The smallest absolute Gasteiger partial charge is 0.325 e. The van der Waals surface area contributed by atoms with Gasteiger partial charge in [-0.25, -0.2) is 8.42 Å². The first-order chi connectivity index (χ1) is 10.3. The van der Waals surface area contributed by atoms with Crippen molar-refractivity contribution in [2.24, 2.45) is 0 Å². The Morgan fingerprint density at radius 1 is 1.27 bits per heavy atom. The number of carboxylic acid groups (broad SMARTS) is 1. The van der Waals surface area contributed by atoms with E-state index in [1.54, 1.807) is 11.8 Å². The van der Waals surface area contributed by atoms with Crippen LogP contribution in [0.3, 0.4) is 0 Å². The second kappa shape index (κ2) is 6.44. The fraction of sp³-hybridized carbons (Fsp3) is 0.583. The van der Waals surface area contributed by atoms with Gasteiger partial charge in [-0.3, -0.25) is 14.3 Å². The van der Waals surface area contributed by atoms with Crippen LogP contribution in [0.4, 0.5) is 0 Å². The molecule has 2 rings (SSSR count). The van der Waals surface area contributed by atoms with Crippen LogP contribution in [-0.2, 0) is 21.4 Å². The molecule has 0 aromatic carbocycles. The highest BCUT2D eigenvalue weighted by atomic mass is 32.2. The Kier molecular flexibility index (Phi) is 4.81. The second-order valence-electron chi connectivity index (χ2n) is 4.91. The van der Waals surface area contributed by atoms with Crippen LogP contribution in [0, 0.1) is 0 Å². The fourth-order valence-electron chi connectivity index (χ4n) is 2.23. The van der Waals surface area contributed by atoms with Crippen molar-refractivity contribution in [3.05, 3.63) is 18.0 Å². The number of aromatic nitrogens is 2. The zero-order valence-corrected chi connectivity index (χ0v) is 13.0. The lowest BCUT2D eigenvalue weighted by Gasteiger charge is -2.33. The first-order valence-electron chi connectivity index (χ1n) is 6.85. The molecule has 1 N–H and O–H groups in total. The second-order valence-corrected chi connectivity index (χ2v) is 7.17. The van der Waals surface area contributed by atoms with Crippen molar-refractivity contribution < 1.29 is 23.1 Å². The van der Waals surface area contributed by atoms with Crippen LogP contribution in [0.25, 0.3) is 0 Å². The number of hydrogen-bond donors (Lipinski definition) is 1.